The second-order valence-electron chi connectivity index (χ2n) is 3.49. The largest absolute Gasteiger partial charge is 0.396 e. The van der Waals surface area contributed by atoms with Crippen molar-refractivity contribution in [1.29, 1.82) is 0 Å². The lowest BCUT2D eigenvalue weighted by Crippen LogP contribution is -2.43. The van der Waals surface area contributed by atoms with Gasteiger partial charge in [0.2, 0.25) is 0 Å². The average molecular weight is 207 g/mol. The van der Waals surface area contributed by atoms with Crippen molar-refractivity contribution in [2.24, 2.45) is 5.73 Å². The maximum Gasteiger partial charge on any atom is 0.0698 e. The summed E-state index contributed by atoms with van der Waals surface area (Å²) in [6.45, 7) is 2.13. The zero-order chi connectivity index (χ0) is 10.3. The number of nitrogens with two attached hydrogens (primary N) is 1. The lowest BCUT2D eigenvalue weighted by molar-refractivity contribution is 0.120. The number of hydrogen-bond donors (Lipinski definition) is 3. The summed E-state index contributed by atoms with van der Waals surface area (Å²) in [5.74, 6) is 0. The molecule has 4 heteroatoms. The normalized spacial score (nSPS) is 18.2. The predicted octanol–water partition coefficient (Wildman–Crippen LogP) is 0.491. The van der Waals surface area contributed by atoms with E-state index >= 15 is 0 Å². The second-order valence-corrected chi connectivity index (χ2v) is 4.34. The minimum absolute atomic E-state index is 0.0106. The van der Waals surface area contributed by atoms with Crippen LogP contribution >= 0.6 is 9.24 Å². The highest BCUT2D eigenvalue weighted by atomic mass is 31.0. The summed E-state index contributed by atoms with van der Waals surface area (Å²) in [5.41, 5.74) is 5.62. The van der Waals surface area contributed by atoms with Crippen molar-refractivity contribution in [1.82, 2.24) is 0 Å². The van der Waals surface area contributed by atoms with E-state index in [4.69, 9.17) is 10.8 Å². The summed E-state index contributed by atoms with van der Waals surface area (Å²) in [6.07, 6.45) is 3.53. The molecule has 3 nitrogen and oxygen atoms in total. The summed E-state index contributed by atoms with van der Waals surface area (Å²) in [7, 11) is 2.46. The van der Waals surface area contributed by atoms with Gasteiger partial charge >= 0.3 is 0 Å². The smallest absolute Gasteiger partial charge is 0.0698 e. The molecule has 0 aromatic heterocycles. The fraction of sp³-hybridized carbons (Fsp3) is 1.00. The fourth-order valence-corrected chi connectivity index (χ4v) is 1.46. The first kappa shape index (κ1) is 13.3. The maximum atomic E-state index is 9.60. The first-order chi connectivity index (χ1) is 6.13. The molecule has 4 atom stereocenters. The van der Waals surface area contributed by atoms with Crippen molar-refractivity contribution in [3.63, 3.8) is 0 Å². The standard InChI is InChI=1S/C9H22NO2P/c1-2-3-4-5-7(12)9(10)8(13)6-11/h7-9,11-12H,2-6,10,13H2,1H3. The Kier molecular flexibility index (Phi) is 7.87. The van der Waals surface area contributed by atoms with E-state index in [-0.39, 0.29) is 18.3 Å². The summed E-state index contributed by atoms with van der Waals surface area (Å²) in [5, 5.41) is 18.4. The molecule has 0 aliphatic rings. The van der Waals surface area contributed by atoms with Crippen LogP contribution in [0.4, 0.5) is 0 Å². The highest BCUT2D eigenvalue weighted by molar-refractivity contribution is 7.17. The van der Waals surface area contributed by atoms with Crippen molar-refractivity contribution in [3.8, 4) is 0 Å². The van der Waals surface area contributed by atoms with Crippen LogP contribution in [0.3, 0.4) is 0 Å². The summed E-state index contributed by atoms with van der Waals surface area (Å²) >= 11 is 0. The highest BCUT2D eigenvalue weighted by Crippen LogP contribution is 2.12. The molecule has 4 N–H and O–H groups in total. The number of unbranched alkanes of at least 4 members (excludes halogenated alkanes) is 2. The topological polar surface area (TPSA) is 66.5 Å². The minimum Gasteiger partial charge on any atom is -0.396 e. The molecule has 0 heterocycles. The van der Waals surface area contributed by atoms with Gasteiger partial charge in [0.05, 0.1) is 12.7 Å². The van der Waals surface area contributed by atoms with E-state index < -0.39 is 6.10 Å². The van der Waals surface area contributed by atoms with E-state index in [2.05, 4.69) is 16.2 Å². The van der Waals surface area contributed by atoms with Crippen LogP contribution in [0.1, 0.15) is 32.6 Å². The highest BCUT2D eigenvalue weighted by Gasteiger charge is 2.20. The molecule has 0 bridgehead atoms. The molecule has 0 aromatic rings. The van der Waals surface area contributed by atoms with Gasteiger partial charge in [-0.2, -0.15) is 0 Å². The van der Waals surface area contributed by atoms with Crippen molar-refractivity contribution in [3.05, 3.63) is 0 Å². The van der Waals surface area contributed by atoms with Crippen LogP contribution in [0.15, 0.2) is 0 Å². The monoisotopic (exact) mass is 207 g/mol. The maximum absolute atomic E-state index is 9.60. The van der Waals surface area contributed by atoms with Crippen LogP contribution in [0.2, 0.25) is 0 Å². The molecule has 0 fully saturated rings. The van der Waals surface area contributed by atoms with Crippen molar-refractivity contribution in [2.45, 2.75) is 50.4 Å². The number of hydrogen-bond acceptors (Lipinski definition) is 3. The third-order valence-corrected chi connectivity index (χ3v) is 2.91. The van der Waals surface area contributed by atoms with E-state index in [0.29, 0.717) is 0 Å². The van der Waals surface area contributed by atoms with Gasteiger partial charge in [-0.3, -0.25) is 0 Å². The number of aliphatic hydroxyl groups excluding tert-OH is 2. The molecular weight excluding hydrogens is 185 g/mol. The van der Waals surface area contributed by atoms with Gasteiger partial charge in [-0.15, -0.1) is 9.24 Å². The quantitative estimate of drug-likeness (QED) is 0.420. The Bertz CT molecular complexity index is 124. The van der Waals surface area contributed by atoms with E-state index in [9.17, 15) is 5.11 Å². The molecule has 0 rings (SSSR count). The van der Waals surface area contributed by atoms with Crippen LogP contribution in [-0.4, -0.2) is 34.6 Å². The zero-order valence-electron chi connectivity index (χ0n) is 8.32. The molecule has 0 aliphatic heterocycles. The molecule has 4 unspecified atom stereocenters. The van der Waals surface area contributed by atoms with Crippen molar-refractivity contribution < 1.29 is 10.2 Å². The summed E-state index contributed by atoms with van der Waals surface area (Å²) in [4.78, 5) is 0. The molecule has 0 radical (unpaired) electrons. The Morgan fingerprint density at radius 1 is 1.38 bits per heavy atom. The average Bonchev–Trinajstić information content (AvgIpc) is 2.15. The van der Waals surface area contributed by atoms with E-state index in [1.165, 1.54) is 0 Å². The molecule has 0 aliphatic carbocycles. The van der Waals surface area contributed by atoms with Gasteiger partial charge in [0.15, 0.2) is 0 Å². The van der Waals surface area contributed by atoms with E-state index in [1.807, 2.05) is 0 Å². The van der Waals surface area contributed by atoms with Crippen LogP contribution in [0.25, 0.3) is 0 Å². The van der Waals surface area contributed by atoms with Crippen LogP contribution < -0.4 is 5.73 Å². The molecular formula is C9H22NO2P. The first-order valence-electron chi connectivity index (χ1n) is 4.93. The minimum atomic E-state index is -0.485. The van der Waals surface area contributed by atoms with Crippen molar-refractivity contribution >= 4 is 9.24 Å². The van der Waals surface area contributed by atoms with Gasteiger partial charge in [0, 0.05) is 11.7 Å². The molecule has 0 amide bonds. The Morgan fingerprint density at radius 2 is 2.00 bits per heavy atom. The SMILES string of the molecule is CCCCCC(O)C(N)C(P)CO. The Balaban J connectivity index is 3.62. The number of rotatable bonds is 7. The van der Waals surface area contributed by atoms with Gasteiger partial charge in [-0.1, -0.05) is 26.2 Å². The van der Waals surface area contributed by atoms with Crippen LogP contribution in [0.5, 0.6) is 0 Å². The molecule has 0 saturated heterocycles. The third-order valence-electron chi connectivity index (χ3n) is 2.25. The molecule has 0 spiro atoms. The van der Waals surface area contributed by atoms with Gasteiger partial charge in [0.1, 0.15) is 0 Å². The van der Waals surface area contributed by atoms with E-state index in [0.717, 1.165) is 25.7 Å². The molecule has 0 aromatic carbocycles. The lowest BCUT2D eigenvalue weighted by atomic mass is 10.0. The molecule has 13 heavy (non-hydrogen) atoms. The van der Waals surface area contributed by atoms with Gasteiger partial charge in [-0.25, -0.2) is 0 Å². The number of aliphatic hydroxyl groups is 2. The van der Waals surface area contributed by atoms with Crippen LogP contribution in [0, 0.1) is 0 Å². The first-order valence-corrected chi connectivity index (χ1v) is 5.60. The fourth-order valence-electron chi connectivity index (χ4n) is 1.20. The second kappa shape index (κ2) is 7.69. The Labute approximate surface area is 82.9 Å². The van der Waals surface area contributed by atoms with Crippen LogP contribution in [-0.2, 0) is 0 Å². The zero-order valence-corrected chi connectivity index (χ0v) is 9.47. The summed E-state index contributed by atoms with van der Waals surface area (Å²) in [6, 6.07) is -0.327. The Morgan fingerprint density at radius 3 is 2.46 bits per heavy atom. The van der Waals surface area contributed by atoms with Crippen molar-refractivity contribution in [2.75, 3.05) is 6.61 Å². The molecule has 80 valence electrons. The van der Waals surface area contributed by atoms with Gasteiger partial charge < -0.3 is 15.9 Å². The third kappa shape index (κ3) is 5.58. The lowest BCUT2D eigenvalue weighted by Gasteiger charge is -2.23. The molecule has 0 saturated carbocycles. The van der Waals surface area contributed by atoms with E-state index in [1.54, 1.807) is 0 Å². The Hall–Kier alpha value is 0.310. The predicted molar refractivity (Wildman–Crippen MR) is 58.7 cm³/mol. The van der Waals surface area contributed by atoms with Gasteiger partial charge in [-0.05, 0) is 6.42 Å². The van der Waals surface area contributed by atoms with Gasteiger partial charge in [0.25, 0.3) is 0 Å². The summed E-state index contributed by atoms with van der Waals surface area (Å²) < 4.78 is 0.